The molecule has 0 aliphatic carbocycles. The minimum atomic E-state index is -0.555. The van der Waals surface area contributed by atoms with Gasteiger partial charge in [-0.05, 0) is 12.1 Å². The highest BCUT2D eigenvalue weighted by atomic mass is 35.5. The Balaban J connectivity index is 3.00. The maximum atomic E-state index is 10.9. The summed E-state index contributed by atoms with van der Waals surface area (Å²) in [5.74, 6) is -0.0945. The smallest absolute Gasteiger partial charge is 0.343 e. The van der Waals surface area contributed by atoms with Gasteiger partial charge in [0.25, 0.3) is 0 Å². The largest absolute Gasteiger partial charge is 0.496 e. The fourth-order valence-corrected chi connectivity index (χ4v) is 1.37. The lowest BCUT2D eigenvalue weighted by Gasteiger charge is -2.11. The van der Waals surface area contributed by atoms with Crippen LogP contribution in [0.2, 0.25) is 5.02 Å². The Morgan fingerprint density at radius 3 is 2.53 bits per heavy atom. The predicted octanol–water partition coefficient (Wildman–Crippen LogP) is 1.71. The summed E-state index contributed by atoms with van der Waals surface area (Å²) in [6.07, 6.45) is 0.571. The van der Waals surface area contributed by atoms with E-state index in [1.54, 1.807) is 0 Å². The zero-order valence-corrected chi connectivity index (χ0v) is 10.1. The normalized spacial score (nSPS) is 9.59. The molecule has 0 atom stereocenters. The first-order valence-electron chi connectivity index (χ1n) is 4.64. The summed E-state index contributed by atoms with van der Waals surface area (Å²) in [5.41, 5.74) is 0.195. The van der Waals surface area contributed by atoms with Crippen molar-refractivity contribution in [3.05, 3.63) is 22.7 Å². The minimum absolute atomic E-state index is 0.176. The molecule has 0 fully saturated rings. The molecule has 0 spiro atoms. The molecule has 1 aromatic carbocycles. The van der Waals surface area contributed by atoms with Crippen molar-refractivity contribution in [1.29, 1.82) is 0 Å². The lowest BCUT2D eigenvalue weighted by Crippen LogP contribution is -2.13. The molecule has 0 saturated carbocycles. The van der Waals surface area contributed by atoms with E-state index in [0.717, 1.165) is 0 Å². The molecule has 0 aliphatic rings. The van der Waals surface area contributed by atoms with E-state index in [-0.39, 0.29) is 23.7 Å². The minimum Gasteiger partial charge on any atom is -0.496 e. The molecule has 0 unspecified atom stereocenters. The molecule has 92 valence electrons. The van der Waals surface area contributed by atoms with E-state index >= 15 is 0 Å². The van der Waals surface area contributed by atoms with Gasteiger partial charge in [-0.15, -0.1) is 0 Å². The van der Waals surface area contributed by atoms with Gasteiger partial charge in [0.2, 0.25) is 0 Å². The summed E-state index contributed by atoms with van der Waals surface area (Å²) < 4.78 is 14.5. The van der Waals surface area contributed by atoms with Crippen LogP contribution in [0, 0.1) is 0 Å². The van der Waals surface area contributed by atoms with Gasteiger partial charge < -0.3 is 14.2 Å². The summed E-state index contributed by atoms with van der Waals surface area (Å²) in [5, 5.41) is 0.340. The Bertz CT molecular complexity index is 430. The second kappa shape index (κ2) is 6.10. The van der Waals surface area contributed by atoms with Gasteiger partial charge in [-0.3, -0.25) is 4.79 Å². The third-order valence-corrected chi connectivity index (χ3v) is 2.20. The molecule has 0 N–H and O–H groups in total. The molecule has 0 bridgehead atoms. The standard InChI is InChI=1S/C11H11ClO5/c1-15-9-3-7(12)4-10(8(9)5-13)17-6-11(14)16-2/h3-5H,6H2,1-2H3. The van der Waals surface area contributed by atoms with Gasteiger partial charge >= 0.3 is 5.97 Å². The Kier molecular flexibility index (Phi) is 4.78. The first-order chi connectivity index (χ1) is 8.12. The van der Waals surface area contributed by atoms with E-state index in [2.05, 4.69) is 4.74 Å². The van der Waals surface area contributed by atoms with Crippen LogP contribution in [0.4, 0.5) is 0 Å². The predicted molar refractivity (Wildman–Crippen MR) is 60.9 cm³/mol. The highest BCUT2D eigenvalue weighted by molar-refractivity contribution is 6.31. The van der Waals surface area contributed by atoms with Crippen LogP contribution in [-0.4, -0.2) is 33.1 Å². The molecule has 0 radical (unpaired) electrons. The van der Waals surface area contributed by atoms with Crippen molar-refractivity contribution in [2.24, 2.45) is 0 Å². The molecule has 17 heavy (non-hydrogen) atoms. The van der Waals surface area contributed by atoms with Crippen LogP contribution in [-0.2, 0) is 9.53 Å². The third-order valence-electron chi connectivity index (χ3n) is 1.98. The molecular formula is C11H11ClO5. The highest BCUT2D eigenvalue weighted by Gasteiger charge is 2.13. The van der Waals surface area contributed by atoms with Crippen LogP contribution in [0.15, 0.2) is 12.1 Å². The fraction of sp³-hybridized carbons (Fsp3) is 0.273. The number of methoxy groups -OCH3 is 2. The zero-order valence-electron chi connectivity index (χ0n) is 9.36. The lowest BCUT2D eigenvalue weighted by molar-refractivity contribution is -0.142. The van der Waals surface area contributed by atoms with Crippen molar-refractivity contribution in [1.82, 2.24) is 0 Å². The number of carbonyl (C=O) groups excluding carboxylic acids is 2. The Morgan fingerprint density at radius 1 is 1.35 bits per heavy atom. The molecule has 6 heteroatoms. The number of hydrogen-bond acceptors (Lipinski definition) is 5. The van der Waals surface area contributed by atoms with Gasteiger partial charge in [0.15, 0.2) is 12.9 Å². The molecule has 1 rings (SSSR count). The SMILES string of the molecule is COC(=O)COc1cc(Cl)cc(OC)c1C=O. The van der Waals surface area contributed by atoms with Crippen LogP contribution < -0.4 is 9.47 Å². The van der Waals surface area contributed by atoms with Crippen LogP contribution >= 0.6 is 11.6 Å². The van der Waals surface area contributed by atoms with Gasteiger partial charge in [-0.25, -0.2) is 4.79 Å². The Hall–Kier alpha value is -1.75. The Labute approximate surface area is 103 Å². The molecule has 0 aromatic heterocycles. The average Bonchev–Trinajstić information content (AvgIpc) is 2.34. The van der Waals surface area contributed by atoms with E-state index in [1.807, 2.05) is 0 Å². The lowest BCUT2D eigenvalue weighted by atomic mass is 10.2. The second-order valence-corrected chi connectivity index (χ2v) is 3.44. The first-order valence-corrected chi connectivity index (χ1v) is 5.02. The quantitative estimate of drug-likeness (QED) is 0.594. The summed E-state index contributed by atoms with van der Waals surface area (Å²) in [6.45, 7) is -0.305. The maximum Gasteiger partial charge on any atom is 0.343 e. The summed E-state index contributed by atoms with van der Waals surface area (Å²) >= 11 is 5.81. The molecule has 0 aliphatic heterocycles. The number of halogens is 1. The van der Waals surface area contributed by atoms with E-state index in [1.165, 1.54) is 26.4 Å². The third kappa shape index (κ3) is 3.35. The van der Waals surface area contributed by atoms with Gasteiger partial charge in [-0.1, -0.05) is 11.6 Å². The monoisotopic (exact) mass is 258 g/mol. The van der Waals surface area contributed by atoms with Crippen LogP contribution in [0.3, 0.4) is 0 Å². The van der Waals surface area contributed by atoms with Crippen molar-refractivity contribution in [3.63, 3.8) is 0 Å². The van der Waals surface area contributed by atoms with E-state index < -0.39 is 5.97 Å². The summed E-state index contributed by atoms with van der Waals surface area (Å²) in [7, 11) is 2.65. The van der Waals surface area contributed by atoms with Gasteiger partial charge in [-0.2, -0.15) is 0 Å². The van der Waals surface area contributed by atoms with Crippen molar-refractivity contribution >= 4 is 23.9 Å². The number of hydrogen-bond donors (Lipinski definition) is 0. The summed E-state index contributed by atoms with van der Waals surface area (Å²) in [6, 6.07) is 2.91. The van der Waals surface area contributed by atoms with E-state index in [0.29, 0.717) is 11.3 Å². The topological polar surface area (TPSA) is 61.8 Å². The second-order valence-electron chi connectivity index (χ2n) is 3.00. The molecule has 0 heterocycles. The number of esters is 1. The molecule has 1 aromatic rings. The molecular weight excluding hydrogens is 248 g/mol. The van der Waals surface area contributed by atoms with Crippen LogP contribution in [0.25, 0.3) is 0 Å². The molecule has 5 nitrogen and oxygen atoms in total. The van der Waals surface area contributed by atoms with Crippen LogP contribution in [0.1, 0.15) is 10.4 Å². The number of rotatable bonds is 5. The fourth-order valence-electron chi connectivity index (χ4n) is 1.17. The van der Waals surface area contributed by atoms with E-state index in [9.17, 15) is 9.59 Å². The van der Waals surface area contributed by atoms with Gasteiger partial charge in [0, 0.05) is 5.02 Å². The van der Waals surface area contributed by atoms with Crippen molar-refractivity contribution in [2.45, 2.75) is 0 Å². The van der Waals surface area contributed by atoms with Crippen LogP contribution in [0.5, 0.6) is 11.5 Å². The Morgan fingerprint density at radius 2 is 2.00 bits per heavy atom. The van der Waals surface area contributed by atoms with E-state index in [4.69, 9.17) is 21.1 Å². The molecule has 0 saturated heterocycles. The summed E-state index contributed by atoms with van der Waals surface area (Å²) in [4.78, 5) is 21.8. The number of benzene rings is 1. The van der Waals surface area contributed by atoms with Crippen molar-refractivity contribution in [2.75, 3.05) is 20.8 Å². The molecule has 0 amide bonds. The first kappa shape index (κ1) is 13.3. The zero-order chi connectivity index (χ0) is 12.8. The van der Waals surface area contributed by atoms with Crippen molar-refractivity contribution in [3.8, 4) is 11.5 Å². The average molecular weight is 259 g/mol. The van der Waals surface area contributed by atoms with Crippen molar-refractivity contribution < 1.29 is 23.8 Å². The highest BCUT2D eigenvalue weighted by Crippen LogP contribution is 2.31. The number of carbonyl (C=O) groups is 2. The van der Waals surface area contributed by atoms with Gasteiger partial charge in [0.05, 0.1) is 19.8 Å². The number of aldehydes is 1. The maximum absolute atomic E-state index is 10.9. The number of ether oxygens (including phenoxy) is 3. The van der Waals surface area contributed by atoms with Gasteiger partial charge in [0.1, 0.15) is 11.5 Å².